The Morgan fingerprint density at radius 2 is 1.74 bits per heavy atom. The second-order valence-electron chi connectivity index (χ2n) is 8.01. The van der Waals surface area contributed by atoms with Gasteiger partial charge in [0.25, 0.3) is 0 Å². The number of hydrogen-bond donors (Lipinski definition) is 0. The summed E-state index contributed by atoms with van der Waals surface area (Å²) in [6.07, 6.45) is 9.34. The van der Waals surface area contributed by atoms with Gasteiger partial charge in [-0.15, -0.1) is 0 Å². The smallest absolute Gasteiger partial charge is 0.222 e. The summed E-state index contributed by atoms with van der Waals surface area (Å²) in [5.74, 6) is 1.15. The van der Waals surface area contributed by atoms with Gasteiger partial charge in [-0.25, -0.2) is 0 Å². The highest BCUT2D eigenvalue weighted by Gasteiger charge is 2.23. The van der Waals surface area contributed by atoms with Crippen molar-refractivity contribution >= 4 is 5.91 Å². The van der Waals surface area contributed by atoms with Crippen LogP contribution in [0.25, 0.3) is 0 Å². The van der Waals surface area contributed by atoms with Gasteiger partial charge in [-0.1, -0.05) is 24.3 Å². The van der Waals surface area contributed by atoms with Gasteiger partial charge < -0.3 is 4.90 Å². The predicted octanol–water partition coefficient (Wildman–Crippen LogP) is 3.16. The first-order valence-corrected chi connectivity index (χ1v) is 10.3. The Labute approximate surface area is 162 Å². The van der Waals surface area contributed by atoms with E-state index in [1.54, 1.807) is 0 Å². The molecule has 0 atom stereocenters. The van der Waals surface area contributed by atoms with Crippen LogP contribution in [0.1, 0.15) is 43.2 Å². The third kappa shape index (κ3) is 4.98. The molecule has 0 bridgehead atoms. The highest BCUT2D eigenvalue weighted by molar-refractivity contribution is 5.77. The van der Waals surface area contributed by atoms with Gasteiger partial charge in [-0.2, -0.15) is 5.10 Å². The Morgan fingerprint density at radius 1 is 1.00 bits per heavy atom. The van der Waals surface area contributed by atoms with Crippen molar-refractivity contribution < 1.29 is 4.79 Å². The molecule has 0 radical (unpaired) electrons. The van der Waals surface area contributed by atoms with Crippen LogP contribution in [0.3, 0.4) is 0 Å². The number of amides is 1. The van der Waals surface area contributed by atoms with Gasteiger partial charge in [-0.05, 0) is 61.9 Å². The number of nitrogens with zero attached hydrogens (tertiary/aromatic N) is 4. The number of rotatable bonds is 7. The highest BCUT2D eigenvalue weighted by atomic mass is 16.2. The Kier molecular flexibility index (Phi) is 5.87. The number of aromatic nitrogens is 2. The van der Waals surface area contributed by atoms with Crippen LogP contribution in [-0.4, -0.2) is 51.7 Å². The van der Waals surface area contributed by atoms with Crippen molar-refractivity contribution in [1.82, 2.24) is 19.6 Å². The maximum absolute atomic E-state index is 11.7. The van der Waals surface area contributed by atoms with Crippen LogP contribution < -0.4 is 0 Å². The Balaban J connectivity index is 1.19. The summed E-state index contributed by atoms with van der Waals surface area (Å²) in [6.45, 7) is 6.17. The fourth-order valence-corrected chi connectivity index (χ4v) is 4.30. The molecule has 0 spiro atoms. The van der Waals surface area contributed by atoms with Crippen LogP contribution >= 0.6 is 0 Å². The van der Waals surface area contributed by atoms with Crippen LogP contribution in [0.15, 0.2) is 42.7 Å². The van der Waals surface area contributed by atoms with E-state index in [0.717, 1.165) is 44.9 Å². The molecule has 0 saturated carbocycles. The lowest BCUT2D eigenvalue weighted by Gasteiger charge is -2.32. The van der Waals surface area contributed by atoms with Crippen molar-refractivity contribution in [3.63, 3.8) is 0 Å². The van der Waals surface area contributed by atoms with E-state index in [0.29, 0.717) is 5.91 Å². The average molecular weight is 367 g/mol. The van der Waals surface area contributed by atoms with Crippen molar-refractivity contribution in [1.29, 1.82) is 0 Å². The maximum atomic E-state index is 11.7. The number of carbonyl (C=O) groups excluding carboxylic acids is 1. The quantitative estimate of drug-likeness (QED) is 0.756. The molecule has 3 heterocycles. The van der Waals surface area contributed by atoms with E-state index in [2.05, 4.69) is 39.2 Å². The Morgan fingerprint density at radius 3 is 2.37 bits per heavy atom. The third-order valence-electron chi connectivity index (χ3n) is 6.02. The van der Waals surface area contributed by atoms with Gasteiger partial charge >= 0.3 is 0 Å². The van der Waals surface area contributed by atoms with Crippen molar-refractivity contribution in [2.24, 2.45) is 5.92 Å². The topological polar surface area (TPSA) is 41.4 Å². The van der Waals surface area contributed by atoms with E-state index in [1.165, 1.54) is 43.5 Å². The summed E-state index contributed by atoms with van der Waals surface area (Å²) in [5, 5.41) is 4.27. The summed E-state index contributed by atoms with van der Waals surface area (Å²) >= 11 is 0. The zero-order valence-corrected chi connectivity index (χ0v) is 16.1. The van der Waals surface area contributed by atoms with Crippen LogP contribution in [0.2, 0.25) is 0 Å². The number of piperidine rings is 1. The molecule has 2 aliphatic heterocycles. The minimum Gasteiger partial charge on any atom is -0.343 e. The van der Waals surface area contributed by atoms with E-state index in [-0.39, 0.29) is 0 Å². The molecule has 5 heteroatoms. The van der Waals surface area contributed by atoms with E-state index in [1.807, 2.05) is 23.1 Å². The van der Waals surface area contributed by atoms with E-state index >= 15 is 0 Å². The lowest BCUT2D eigenvalue weighted by Crippen LogP contribution is -2.35. The van der Waals surface area contributed by atoms with E-state index < -0.39 is 0 Å². The van der Waals surface area contributed by atoms with Gasteiger partial charge in [0, 0.05) is 38.4 Å². The molecular weight excluding hydrogens is 336 g/mol. The number of carbonyl (C=O) groups is 1. The molecule has 0 aliphatic carbocycles. The van der Waals surface area contributed by atoms with E-state index in [4.69, 9.17) is 0 Å². The minimum absolute atomic E-state index is 0.364. The molecule has 144 valence electrons. The summed E-state index contributed by atoms with van der Waals surface area (Å²) in [5.41, 5.74) is 2.68. The lowest BCUT2D eigenvalue weighted by molar-refractivity contribution is -0.127. The molecule has 2 saturated heterocycles. The number of likely N-dealkylation sites (tertiary alicyclic amines) is 2. The molecule has 2 fully saturated rings. The maximum Gasteiger partial charge on any atom is 0.222 e. The molecule has 0 unspecified atom stereocenters. The third-order valence-corrected chi connectivity index (χ3v) is 6.02. The Hall–Kier alpha value is -2.14. The van der Waals surface area contributed by atoms with Crippen LogP contribution in [0, 0.1) is 5.92 Å². The first-order chi connectivity index (χ1) is 13.3. The van der Waals surface area contributed by atoms with Crippen LogP contribution in [0.5, 0.6) is 0 Å². The number of hydrogen-bond acceptors (Lipinski definition) is 3. The fourth-order valence-electron chi connectivity index (χ4n) is 4.30. The van der Waals surface area contributed by atoms with Gasteiger partial charge in [0.2, 0.25) is 5.91 Å². The molecule has 1 aromatic heterocycles. The van der Waals surface area contributed by atoms with Gasteiger partial charge in [-0.3, -0.25) is 14.4 Å². The van der Waals surface area contributed by atoms with Crippen molar-refractivity contribution in [2.75, 3.05) is 26.2 Å². The predicted molar refractivity (Wildman–Crippen MR) is 106 cm³/mol. The molecule has 1 amide bonds. The van der Waals surface area contributed by atoms with Gasteiger partial charge in [0.05, 0.1) is 6.54 Å². The molecule has 5 nitrogen and oxygen atoms in total. The minimum atomic E-state index is 0.364. The zero-order valence-electron chi connectivity index (χ0n) is 16.1. The SMILES string of the molecule is O=C1CCCN1CCC1CCN(Cc2ccc(Cn3cccn3)cc2)CC1. The van der Waals surface area contributed by atoms with Crippen molar-refractivity contribution in [3.8, 4) is 0 Å². The van der Waals surface area contributed by atoms with Gasteiger partial charge in [0.15, 0.2) is 0 Å². The Bertz CT molecular complexity index is 717. The fraction of sp³-hybridized carbons (Fsp3) is 0.545. The molecule has 2 aliphatic rings. The summed E-state index contributed by atoms with van der Waals surface area (Å²) in [6, 6.07) is 10.9. The standard InChI is InChI=1S/C22H30N4O/c27-22-3-1-12-25(22)16-10-19-8-14-24(15-9-19)17-20-4-6-21(7-5-20)18-26-13-2-11-23-26/h2,4-7,11,13,19H,1,3,8-10,12,14-18H2. The monoisotopic (exact) mass is 366 g/mol. The first kappa shape index (κ1) is 18.2. The zero-order chi connectivity index (χ0) is 18.5. The average Bonchev–Trinajstić information content (AvgIpc) is 3.34. The molecule has 27 heavy (non-hydrogen) atoms. The second kappa shape index (κ2) is 8.70. The molecule has 2 aromatic rings. The molecule has 0 N–H and O–H groups in total. The molecule has 4 rings (SSSR count). The summed E-state index contributed by atoms with van der Waals surface area (Å²) in [7, 11) is 0. The lowest BCUT2D eigenvalue weighted by atomic mass is 9.93. The number of benzene rings is 1. The van der Waals surface area contributed by atoms with Crippen molar-refractivity contribution in [3.05, 3.63) is 53.9 Å². The highest BCUT2D eigenvalue weighted by Crippen LogP contribution is 2.23. The normalized spacial score (nSPS) is 19.1. The van der Waals surface area contributed by atoms with E-state index in [9.17, 15) is 4.79 Å². The summed E-state index contributed by atoms with van der Waals surface area (Å²) < 4.78 is 1.95. The second-order valence-corrected chi connectivity index (χ2v) is 8.01. The first-order valence-electron chi connectivity index (χ1n) is 10.3. The molecule has 1 aromatic carbocycles. The molecular formula is C22H30N4O. The van der Waals surface area contributed by atoms with Crippen LogP contribution in [-0.2, 0) is 17.9 Å². The summed E-state index contributed by atoms with van der Waals surface area (Å²) in [4.78, 5) is 16.4. The van der Waals surface area contributed by atoms with Gasteiger partial charge in [0.1, 0.15) is 0 Å². The van der Waals surface area contributed by atoms with Crippen LogP contribution in [0.4, 0.5) is 0 Å². The van der Waals surface area contributed by atoms with Crippen molar-refractivity contribution in [2.45, 2.75) is 45.2 Å². The largest absolute Gasteiger partial charge is 0.343 e.